The van der Waals surface area contributed by atoms with Crippen LogP contribution in [0.1, 0.15) is 27.2 Å². The fraction of sp³-hybridized carbons (Fsp3) is 0.929. The summed E-state index contributed by atoms with van der Waals surface area (Å²) in [6.45, 7) is 8.71. The fourth-order valence-electron chi connectivity index (χ4n) is 1.22. The average molecular weight is 291 g/mol. The molecule has 20 heavy (non-hydrogen) atoms. The Morgan fingerprint density at radius 3 is 2.00 bits per heavy atom. The third-order valence-electron chi connectivity index (χ3n) is 2.79. The molecule has 2 N–H and O–H groups in total. The monoisotopic (exact) mass is 291 g/mol. The Balaban J connectivity index is 3.40. The van der Waals surface area contributed by atoms with Crippen molar-refractivity contribution in [3.63, 3.8) is 0 Å². The first kappa shape index (κ1) is 19.3. The number of methoxy groups -OCH3 is 1. The molecule has 6 heteroatoms. The van der Waals surface area contributed by atoms with Crippen molar-refractivity contribution < 1.29 is 23.7 Å². The summed E-state index contributed by atoms with van der Waals surface area (Å²) in [6.07, 6.45) is 0.226. The molecular weight excluding hydrogens is 262 g/mol. The third-order valence-corrected chi connectivity index (χ3v) is 2.79. The number of carbonyl (C=O) groups is 1. The smallest absolute Gasteiger partial charge is 0.307 e. The molecule has 0 aromatic heterocycles. The summed E-state index contributed by atoms with van der Waals surface area (Å²) in [5, 5.41) is 0. The molecule has 0 aromatic rings. The number of nitrogens with two attached hydrogens (primary N) is 1. The van der Waals surface area contributed by atoms with Crippen LogP contribution in [-0.2, 0) is 23.7 Å². The first-order valence-corrected chi connectivity index (χ1v) is 6.93. The lowest BCUT2D eigenvalue weighted by molar-refractivity contribution is -0.146. The van der Waals surface area contributed by atoms with Crippen LogP contribution >= 0.6 is 0 Å². The van der Waals surface area contributed by atoms with Gasteiger partial charge in [0.2, 0.25) is 0 Å². The minimum absolute atomic E-state index is 0.102. The van der Waals surface area contributed by atoms with Crippen LogP contribution in [0.25, 0.3) is 0 Å². The van der Waals surface area contributed by atoms with Gasteiger partial charge in [-0.3, -0.25) is 4.79 Å². The highest BCUT2D eigenvalue weighted by atomic mass is 16.6. The largest absolute Gasteiger partial charge is 0.463 e. The molecule has 0 aliphatic rings. The van der Waals surface area contributed by atoms with Crippen LogP contribution < -0.4 is 5.73 Å². The standard InChI is InChI=1S/C14H29NO5/c1-14(2,3)12(15)11-13(16)20-10-9-19-8-7-18-6-5-17-4/h12H,5-11,15H2,1-4H3. The summed E-state index contributed by atoms with van der Waals surface area (Å²) in [5.74, 6) is -0.285. The van der Waals surface area contributed by atoms with E-state index in [9.17, 15) is 4.79 Å². The Bertz CT molecular complexity index is 252. The predicted octanol–water partition coefficient (Wildman–Crippen LogP) is 0.973. The third kappa shape index (κ3) is 11.2. The maximum absolute atomic E-state index is 11.5. The van der Waals surface area contributed by atoms with E-state index in [-0.39, 0.29) is 30.5 Å². The van der Waals surface area contributed by atoms with Gasteiger partial charge in [-0.2, -0.15) is 0 Å². The van der Waals surface area contributed by atoms with Crippen molar-refractivity contribution >= 4 is 5.97 Å². The van der Waals surface area contributed by atoms with Gasteiger partial charge in [-0.25, -0.2) is 0 Å². The summed E-state index contributed by atoms with van der Waals surface area (Å²) in [4.78, 5) is 11.5. The van der Waals surface area contributed by atoms with Crippen LogP contribution in [0.4, 0.5) is 0 Å². The molecule has 0 aliphatic carbocycles. The van der Waals surface area contributed by atoms with Crippen LogP contribution in [-0.4, -0.2) is 58.8 Å². The maximum atomic E-state index is 11.5. The van der Waals surface area contributed by atoms with Gasteiger partial charge in [0.15, 0.2) is 0 Å². The van der Waals surface area contributed by atoms with E-state index in [1.807, 2.05) is 20.8 Å². The highest BCUT2D eigenvalue weighted by Crippen LogP contribution is 2.19. The van der Waals surface area contributed by atoms with E-state index < -0.39 is 0 Å². The summed E-state index contributed by atoms with van der Waals surface area (Å²) in [5.41, 5.74) is 5.80. The molecule has 0 saturated heterocycles. The minimum Gasteiger partial charge on any atom is -0.463 e. The van der Waals surface area contributed by atoms with Gasteiger partial charge in [-0.1, -0.05) is 20.8 Å². The lowest BCUT2D eigenvalue weighted by atomic mass is 9.85. The Labute approximate surface area is 121 Å². The van der Waals surface area contributed by atoms with Crippen LogP contribution in [0.2, 0.25) is 0 Å². The van der Waals surface area contributed by atoms with Crippen molar-refractivity contribution in [1.82, 2.24) is 0 Å². The zero-order valence-corrected chi connectivity index (χ0v) is 13.1. The topological polar surface area (TPSA) is 80.0 Å². The predicted molar refractivity (Wildman–Crippen MR) is 76.5 cm³/mol. The second-order valence-electron chi connectivity index (χ2n) is 5.61. The number of ether oxygens (including phenoxy) is 4. The molecule has 0 aromatic carbocycles. The van der Waals surface area contributed by atoms with Crippen molar-refractivity contribution in [3.8, 4) is 0 Å². The molecule has 0 spiro atoms. The second-order valence-corrected chi connectivity index (χ2v) is 5.61. The van der Waals surface area contributed by atoms with Crippen molar-refractivity contribution in [2.45, 2.75) is 33.2 Å². The summed E-state index contributed by atoms with van der Waals surface area (Å²) >= 11 is 0. The molecule has 0 aliphatic heterocycles. The number of hydrogen-bond acceptors (Lipinski definition) is 6. The van der Waals surface area contributed by atoms with E-state index >= 15 is 0 Å². The van der Waals surface area contributed by atoms with Gasteiger partial charge in [-0.15, -0.1) is 0 Å². The van der Waals surface area contributed by atoms with E-state index in [0.29, 0.717) is 33.0 Å². The van der Waals surface area contributed by atoms with E-state index in [2.05, 4.69) is 0 Å². The molecule has 0 bridgehead atoms. The van der Waals surface area contributed by atoms with Crippen LogP contribution in [0, 0.1) is 5.41 Å². The average Bonchev–Trinajstić information content (AvgIpc) is 2.35. The highest BCUT2D eigenvalue weighted by Gasteiger charge is 2.23. The molecule has 120 valence electrons. The Morgan fingerprint density at radius 2 is 1.50 bits per heavy atom. The summed E-state index contributed by atoms with van der Waals surface area (Å²) in [6, 6.07) is -0.204. The number of esters is 1. The van der Waals surface area contributed by atoms with Crippen molar-refractivity contribution in [2.24, 2.45) is 11.1 Å². The first-order valence-electron chi connectivity index (χ1n) is 6.93. The lowest BCUT2D eigenvalue weighted by Gasteiger charge is -2.26. The normalized spacial score (nSPS) is 13.2. The maximum Gasteiger partial charge on any atom is 0.307 e. The quantitative estimate of drug-likeness (QED) is 0.451. The minimum atomic E-state index is -0.285. The van der Waals surface area contributed by atoms with Gasteiger partial charge in [0.1, 0.15) is 6.61 Å². The van der Waals surface area contributed by atoms with Crippen molar-refractivity contribution in [3.05, 3.63) is 0 Å². The summed E-state index contributed by atoms with van der Waals surface area (Å²) < 4.78 is 20.4. The van der Waals surface area contributed by atoms with E-state index in [1.165, 1.54) is 0 Å². The van der Waals surface area contributed by atoms with E-state index in [4.69, 9.17) is 24.7 Å². The van der Waals surface area contributed by atoms with Crippen molar-refractivity contribution in [1.29, 1.82) is 0 Å². The Morgan fingerprint density at radius 1 is 1.00 bits per heavy atom. The summed E-state index contributed by atoms with van der Waals surface area (Å²) in [7, 11) is 1.62. The van der Waals surface area contributed by atoms with Crippen LogP contribution in [0.3, 0.4) is 0 Å². The van der Waals surface area contributed by atoms with Gasteiger partial charge in [0, 0.05) is 13.2 Å². The van der Waals surface area contributed by atoms with Crippen LogP contribution in [0.15, 0.2) is 0 Å². The lowest BCUT2D eigenvalue weighted by Crippen LogP contribution is -2.37. The molecule has 6 nitrogen and oxygen atoms in total. The molecule has 1 atom stereocenters. The highest BCUT2D eigenvalue weighted by molar-refractivity contribution is 5.70. The Hall–Kier alpha value is -0.690. The van der Waals surface area contributed by atoms with E-state index in [1.54, 1.807) is 7.11 Å². The SMILES string of the molecule is COCCOCCOCCOC(=O)CC(N)C(C)(C)C. The van der Waals surface area contributed by atoms with Gasteiger partial charge in [0.05, 0.1) is 39.5 Å². The molecular formula is C14H29NO5. The number of rotatable bonds is 11. The molecule has 0 saturated carbocycles. The van der Waals surface area contributed by atoms with Gasteiger partial charge >= 0.3 is 5.97 Å². The Kier molecular flexibility index (Phi) is 10.6. The molecule has 0 rings (SSSR count). The fourth-order valence-corrected chi connectivity index (χ4v) is 1.22. The molecule has 0 heterocycles. The second kappa shape index (κ2) is 11.0. The van der Waals surface area contributed by atoms with Gasteiger partial charge in [-0.05, 0) is 5.41 Å². The first-order chi connectivity index (χ1) is 9.38. The zero-order valence-electron chi connectivity index (χ0n) is 13.1. The van der Waals surface area contributed by atoms with Crippen LogP contribution in [0.5, 0.6) is 0 Å². The molecule has 1 unspecified atom stereocenters. The van der Waals surface area contributed by atoms with Gasteiger partial charge < -0.3 is 24.7 Å². The molecule has 0 fully saturated rings. The number of carbonyl (C=O) groups excluding carboxylic acids is 1. The molecule has 0 radical (unpaired) electrons. The number of hydrogen-bond donors (Lipinski definition) is 1. The molecule has 0 amide bonds. The van der Waals surface area contributed by atoms with E-state index in [0.717, 1.165) is 0 Å². The zero-order chi connectivity index (χ0) is 15.4. The van der Waals surface area contributed by atoms with Gasteiger partial charge in [0.25, 0.3) is 0 Å². The van der Waals surface area contributed by atoms with Crippen molar-refractivity contribution in [2.75, 3.05) is 46.8 Å².